The van der Waals surface area contributed by atoms with Crippen molar-refractivity contribution in [2.75, 3.05) is 4.72 Å². The second-order valence-electron chi connectivity index (χ2n) is 5.42. The lowest BCUT2D eigenvalue weighted by molar-refractivity contribution is 0.0939. The van der Waals surface area contributed by atoms with Gasteiger partial charge in [-0.25, -0.2) is 12.8 Å². The van der Waals surface area contributed by atoms with Crippen LogP contribution in [0.2, 0.25) is 0 Å². The number of nitrogens with one attached hydrogen (secondary N) is 2. The summed E-state index contributed by atoms with van der Waals surface area (Å²) in [7, 11) is -3.80. The second kappa shape index (κ2) is 7.44. The molecule has 128 valence electrons. The molecule has 0 radical (unpaired) electrons. The van der Waals surface area contributed by atoms with Gasteiger partial charge in [-0.2, -0.15) is 0 Å². The largest absolute Gasteiger partial charge is 0.350 e. The molecule has 0 spiro atoms. The van der Waals surface area contributed by atoms with Gasteiger partial charge in [0.25, 0.3) is 15.9 Å². The highest BCUT2D eigenvalue weighted by molar-refractivity contribution is 7.92. The van der Waals surface area contributed by atoms with Gasteiger partial charge in [-0.05, 0) is 61.9 Å². The number of rotatable bonds is 6. The maximum atomic E-state index is 12.9. The number of amides is 1. The molecular weight excluding hydrogens is 331 g/mol. The number of hydrogen-bond donors (Lipinski definition) is 2. The minimum Gasteiger partial charge on any atom is -0.350 e. The van der Waals surface area contributed by atoms with Crippen molar-refractivity contribution >= 4 is 21.6 Å². The van der Waals surface area contributed by atoms with E-state index in [1.165, 1.54) is 48.5 Å². The van der Waals surface area contributed by atoms with Crippen molar-refractivity contribution in [2.24, 2.45) is 0 Å². The Labute approximate surface area is 141 Å². The molecule has 0 unspecified atom stereocenters. The molecule has 24 heavy (non-hydrogen) atoms. The van der Waals surface area contributed by atoms with Crippen LogP contribution >= 0.6 is 0 Å². The van der Waals surface area contributed by atoms with Gasteiger partial charge in [0, 0.05) is 17.3 Å². The van der Waals surface area contributed by atoms with Crippen molar-refractivity contribution in [2.45, 2.75) is 31.2 Å². The lowest BCUT2D eigenvalue weighted by Gasteiger charge is -2.12. The van der Waals surface area contributed by atoms with Gasteiger partial charge in [0.1, 0.15) is 5.82 Å². The third-order valence-electron chi connectivity index (χ3n) is 3.51. The smallest absolute Gasteiger partial charge is 0.261 e. The highest BCUT2D eigenvalue weighted by atomic mass is 32.2. The molecular formula is C17H19FN2O3S. The van der Waals surface area contributed by atoms with E-state index in [0.29, 0.717) is 5.56 Å². The Balaban J connectivity index is 2.14. The van der Waals surface area contributed by atoms with Crippen molar-refractivity contribution in [3.8, 4) is 0 Å². The van der Waals surface area contributed by atoms with Crippen molar-refractivity contribution in [1.82, 2.24) is 5.32 Å². The molecule has 0 aliphatic rings. The summed E-state index contributed by atoms with van der Waals surface area (Å²) in [6, 6.07) is 10.7. The summed E-state index contributed by atoms with van der Waals surface area (Å²) in [5.74, 6) is -0.700. The van der Waals surface area contributed by atoms with Crippen LogP contribution in [-0.4, -0.2) is 20.4 Å². The van der Waals surface area contributed by atoms with Crippen LogP contribution in [0.1, 0.15) is 30.6 Å². The van der Waals surface area contributed by atoms with Crippen LogP contribution in [-0.2, 0) is 10.0 Å². The molecule has 0 aliphatic heterocycles. The third-order valence-corrected chi connectivity index (χ3v) is 4.91. The lowest BCUT2D eigenvalue weighted by Crippen LogP contribution is -2.31. The quantitative estimate of drug-likeness (QED) is 0.840. The number of benzene rings is 2. The molecule has 1 atom stereocenters. The molecule has 2 aromatic carbocycles. The molecule has 0 fully saturated rings. The fraction of sp³-hybridized carbons (Fsp3) is 0.235. The van der Waals surface area contributed by atoms with E-state index in [9.17, 15) is 17.6 Å². The van der Waals surface area contributed by atoms with E-state index in [-0.39, 0.29) is 22.5 Å². The molecule has 2 rings (SSSR count). The fourth-order valence-electron chi connectivity index (χ4n) is 1.93. The van der Waals surface area contributed by atoms with Crippen LogP contribution in [0, 0.1) is 5.82 Å². The van der Waals surface area contributed by atoms with Gasteiger partial charge in [-0.1, -0.05) is 6.92 Å². The minimum atomic E-state index is -3.80. The zero-order valence-corrected chi connectivity index (χ0v) is 14.2. The predicted octanol–water partition coefficient (Wildman–Crippen LogP) is 3.15. The van der Waals surface area contributed by atoms with Crippen molar-refractivity contribution in [3.05, 3.63) is 59.9 Å². The van der Waals surface area contributed by atoms with Gasteiger partial charge in [-0.3, -0.25) is 9.52 Å². The lowest BCUT2D eigenvalue weighted by atomic mass is 10.2. The molecule has 0 aliphatic carbocycles. The molecule has 5 nitrogen and oxygen atoms in total. The monoisotopic (exact) mass is 350 g/mol. The van der Waals surface area contributed by atoms with Crippen LogP contribution in [0.5, 0.6) is 0 Å². The van der Waals surface area contributed by atoms with Crippen LogP contribution in [0.3, 0.4) is 0 Å². The first-order chi connectivity index (χ1) is 11.3. The summed E-state index contributed by atoms with van der Waals surface area (Å²) in [4.78, 5) is 12.0. The number of carbonyl (C=O) groups excluding carboxylic acids is 1. The maximum Gasteiger partial charge on any atom is 0.261 e. The Morgan fingerprint density at radius 1 is 1.08 bits per heavy atom. The number of sulfonamides is 1. The van der Waals surface area contributed by atoms with E-state index in [2.05, 4.69) is 10.0 Å². The first-order valence-electron chi connectivity index (χ1n) is 7.51. The Kier molecular flexibility index (Phi) is 5.56. The highest BCUT2D eigenvalue weighted by Crippen LogP contribution is 2.17. The van der Waals surface area contributed by atoms with Crippen LogP contribution in [0.15, 0.2) is 53.4 Å². The maximum absolute atomic E-state index is 12.9. The average molecular weight is 350 g/mol. The number of carbonyl (C=O) groups is 1. The molecule has 0 aromatic heterocycles. The van der Waals surface area contributed by atoms with Gasteiger partial charge in [0.2, 0.25) is 0 Å². The summed E-state index contributed by atoms with van der Waals surface area (Å²) >= 11 is 0. The highest BCUT2D eigenvalue weighted by Gasteiger charge is 2.15. The van der Waals surface area contributed by atoms with Gasteiger partial charge in [-0.15, -0.1) is 0 Å². The van der Waals surface area contributed by atoms with E-state index < -0.39 is 15.8 Å². The SMILES string of the molecule is CC[C@H](C)NC(=O)c1ccc(S(=O)(=O)Nc2ccc(F)cc2)cc1. The van der Waals surface area contributed by atoms with E-state index in [4.69, 9.17) is 0 Å². The zero-order chi connectivity index (χ0) is 17.7. The fourth-order valence-corrected chi connectivity index (χ4v) is 2.99. The Hall–Kier alpha value is -2.41. The summed E-state index contributed by atoms with van der Waals surface area (Å²) in [6.07, 6.45) is 0.805. The molecule has 2 N–H and O–H groups in total. The minimum absolute atomic E-state index is 0.0203. The summed E-state index contributed by atoms with van der Waals surface area (Å²) in [5.41, 5.74) is 0.644. The summed E-state index contributed by atoms with van der Waals surface area (Å²) in [6.45, 7) is 3.85. The van der Waals surface area contributed by atoms with Gasteiger partial charge in [0.05, 0.1) is 4.90 Å². The van der Waals surface area contributed by atoms with Crippen LogP contribution < -0.4 is 10.0 Å². The normalized spacial score (nSPS) is 12.5. The van der Waals surface area contributed by atoms with E-state index >= 15 is 0 Å². The van der Waals surface area contributed by atoms with E-state index in [1.54, 1.807) is 0 Å². The van der Waals surface area contributed by atoms with Crippen molar-refractivity contribution < 1.29 is 17.6 Å². The van der Waals surface area contributed by atoms with Crippen molar-refractivity contribution in [3.63, 3.8) is 0 Å². The molecule has 7 heteroatoms. The molecule has 1 amide bonds. The first-order valence-corrected chi connectivity index (χ1v) is 8.99. The van der Waals surface area contributed by atoms with Crippen LogP contribution in [0.25, 0.3) is 0 Å². The second-order valence-corrected chi connectivity index (χ2v) is 7.10. The standard InChI is InChI=1S/C17H19FN2O3S/c1-3-12(2)19-17(21)13-4-10-16(11-5-13)24(22,23)20-15-8-6-14(18)7-9-15/h4-12,20H,3H2,1-2H3,(H,19,21)/t12-/m0/s1. The molecule has 0 saturated heterocycles. The Morgan fingerprint density at radius 2 is 1.67 bits per heavy atom. The number of anilines is 1. The van der Waals surface area contributed by atoms with E-state index in [0.717, 1.165) is 6.42 Å². The van der Waals surface area contributed by atoms with Crippen molar-refractivity contribution in [1.29, 1.82) is 0 Å². The summed E-state index contributed by atoms with van der Waals surface area (Å²) in [5, 5.41) is 2.81. The molecule has 0 heterocycles. The molecule has 2 aromatic rings. The number of hydrogen-bond acceptors (Lipinski definition) is 3. The van der Waals surface area contributed by atoms with E-state index in [1.807, 2.05) is 13.8 Å². The number of halogens is 1. The summed E-state index contributed by atoms with van der Waals surface area (Å²) < 4.78 is 39.8. The van der Waals surface area contributed by atoms with Gasteiger partial charge < -0.3 is 5.32 Å². The molecule has 0 saturated carbocycles. The third kappa shape index (κ3) is 4.55. The van der Waals surface area contributed by atoms with Gasteiger partial charge >= 0.3 is 0 Å². The Bertz CT molecular complexity index is 803. The average Bonchev–Trinajstić information content (AvgIpc) is 2.56. The van der Waals surface area contributed by atoms with Crippen LogP contribution in [0.4, 0.5) is 10.1 Å². The first kappa shape index (κ1) is 17.9. The topological polar surface area (TPSA) is 75.3 Å². The Morgan fingerprint density at radius 3 is 2.21 bits per heavy atom. The molecule has 0 bridgehead atoms. The predicted molar refractivity (Wildman–Crippen MR) is 90.9 cm³/mol. The zero-order valence-electron chi connectivity index (χ0n) is 13.4. The van der Waals surface area contributed by atoms with Gasteiger partial charge in [0.15, 0.2) is 0 Å².